The van der Waals surface area contributed by atoms with Crippen LogP contribution in [-0.4, -0.2) is 64.2 Å². The van der Waals surface area contributed by atoms with E-state index in [1.165, 1.54) is 0 Å². The lowest BCUT2D eigenvalue weighted by Gasteiger charge is -2.35. The molecule has 1 aliphatic rings. The standard InChI is InChI=1S/C29H36N6O2/c1-20-23-11-12-31-26(23)10-9-25(20)33-27-22(18-30)19-32-21(2)24(27)8-6-7-13-34-14-16-35(17-15-34)28(36)37-29(3,4)5/h6,8-12,19,31H,7,13-17H2,1-5H3,(H,32,33). The molecule has 0 radical (unpaired) electrons. The van der Waals surface area contributed by atoms with Gasteiger partial charge in [0, 0.05) is 73.0 Å². The van der Waals surface area contributed by atoms with Gasteiger partial charge in [-0.3, -0.25) is 9.88 Å². The normalized spacial score (nSPS) is 14.8. The number of hydrogen-bond donors (Lipinski definition) is 2. The SMILES string of the molecule is Cc1ncc(C#N)c(Nc2ccc3[nH]ccc3c2C)c1C=CCCN1CCN(C(=O)OC(C)(C)C)CC1. The van der Waals surface area contributed by atoms with Gasteiger partial charge in [0.2, 0.25) is 0 Å². The van der Waals surface area contributed by atoms with Gasteiger partial charge >= 0.3 is 6.09 Å². The van der Waals surface area contributed by atoms with Gasteiger partial charge in [-0.25, -0.2) is 4.79 Å². The molecule has 0 saturated carbocycles. The van der Waals surface area contributed by atoms with Crippen molar-refractivity contribution in [1.82, 2.24) is 19.8 Å². The Hall–Kier alpha value is -3.83. The molecule has 1 aromatic carbocycles. The van der Waals surface area contributed by atoms with Crippen molar-refractivity contribution in [3.8, 4) is 6.07 Å². The van der Waals surface area contributed by atoms with E-state index in [0.717, 1.165) is 65.2 Å². The zero-order chi connectivity index (χ0) is 26.6. The topological polar surface area (TPSA) is 97.3 Å². The zero-order valence-corrected chi connectivity index (χ0v) is 22.4. The summed E-state index contributed by atoms with van der Waals surface area (Å²) >= 11 is 0. The fraction of sp³-hybridized carbons (Fsp3) is 0.414. The molecule has 8 nitrogen and oxygen atoms in total. The Labute approximate surface area is 218 Å². The van der Waals surface area contributed by atoms with Crippen LogP contribution in [0.3, 0.4) is 0 Å². The van der Waals surface area contributed by atoms with E-state index in [1.807, 2.05) is 46.0 Å². The van der Waals surface area contributed by atoms with Crippen LogP contribution in [0.1, 0.15) is 49.6 Å². The van der Waals surface area contributed by atoms with Crippen LogP contribution in [0.5, 0.6) is 0 Å². The highest BCUT2D eigenvalue weighted by Crippen LogP contribution is 2.32. The minimum atomic E-state index is -0.476. The second kappa shape index (κ2) is 11.1. The van der Waals surface area contributed by atoms with Crippen LogP contribution in [-0.2, 0) is 4.74 Å². The van der Waals surface area contributed by atoms with Gasteiger partial charge in [0.1, 0.15) is 11.7 Å². The molecule has 1 saturated heterocycles. The first-order chi connectivity index (χ1) is 17.7. The molecule has 0 aliphatic carbocycles. The molecule has 37 heavy (non-hydrogen) atoms. The lowest BCUT2D eigenvalue weighted by molar-refractivity contribution is 0.0146. The van der Waals surface area contributed by atoms with Crippen LogP contribution in [0.15, 0.2) is 36.7 Å². The number of nitrogens with zero attached hydrogens (tertiary/aromatic N) is 4. The molecule has 194 valence electrons. The highest BCUT2D eigenvalue weighted by atomic mass is 16.6. The average molecular weight is 501 g/mol. The van der Waals surface area contributed by atoms with Gasteiger partial charge in [-0.05, 0) is 64.8 Å². The quantitative estimate of drug-likeness (QED) is 0.447. The molecule has 0 atom stereocenters. The summed E-state index contributed by atoms with van der Waals surface area (Å²) in [7, 11) is 0. The van der Waals surface area contributed by atoms with E-state index in [0.29, 0.717) is 18.7 Å². The highest BCUT2D eigenvalue weighted by molar-refractivity contribution is 5.90. The first-order valence-corrected chi connectivity index (χ1v) is 12.8. The zero-order valence-electron chi connectivity index (χ0n) is 22.4. The highest BCUT2D eigenvalue weighted by Gasteiger charge is 2.25. The fourth-order valence-corrected chi connectivity index (χ4v) is 4.54. The Balaban J connectivity index is 1.41. The maximum atomic E-state index is 12.3. The molecule has 0 bridgehead atoms. The van der Waals surface area contributed by atoms with Crippen LogP contribution in [0, 0.1) is 25.2 Å². The van der Waals surface area contributed by atoms with Crippen LogP contribution in [0.4, 0.5) is 16.2 Å². The van der Waals surface area contributed by atoms with Crippen molar-refractivity contribution in [3.05, 3.63) is 59.1 Å². The molecule has 8 heteroatoms. The number of benzene rings is 1. The Morgan fingerprint density at radius 1 is 1.22 bits per heavy atom. The monoisotopic (exact) mass is 500 g/mol. The number of rotatable bonds is 6. The molecule has 2 aromatic heterocycles. The number of amides is 1. The predicted octanol–water partition coefficient (Wildman–Crippen LogP) is 5.75. The number of hydrogen-bond acceptors (Lipinski definition) is 6. The molecule has 0 unspecified atom stereocenters. The maximum Gasteiger partial charge on any atom is 0.410 e. The number of piperazine rings is 1. The van der Waals surface area contributed by atoms with Gasteiger partial charge in [0.15, 0.2) is 0 Å². The van der Waals surface area contributed by atoms with Gasteiger partial charge in [-0.1, -0.05) is 12.2 Å². The van der Waals surface area contributed by atoms with Crippen molar-refractivity contribution < 1.29 is 9.53 Å². The number of nitrogens with one attached hydrogen (secondary N) is 2. The van der Waals surface area contributed by atoms with Crippen molar-refractivity contribution in [3.63, 3.8) is 0 Å². The van der Waals surface area contributed by atoms with Crippen molar-refractivity contribution in [2.45, 2.75) is 46.6 Å². The summed E-state index contributed by atoms with van der Waals surface area (Å²) in [6.45, 7) is 13.6. The van der Waals surface area contributed by atoms with Crippen LogP contribution < -0.4 is 5.32 Å². The summed E-state index contributed by atoms with van der Waals surface area (Å²) in [4.78, 5) is 24.1. The predicted molar refractivity (Wildman–Crippen MR) is 148 cm³/mol. The summed E-state index contributed by atoms with van der Waals surface area (Å²) < 4.78 is 5.49. The fourth-order valence-electron chi connectivity index (χ4n) is 4.54. The number of anilines is 2. The minimum Gasteiger partial charge on any atom is -0.444 e. The number of nitriles is 1. The molecule has 4 rings (SSSR count). The summed E-state index contributed by atoms with van der Waals surface area (Å²) in [5.41, 5.74) is 5.76. The van der Waals surface area contributed by atoms with E-state index in [-0.39, 0.29) is 6.09 Å². The molecule has 1 fully saturated rings. The molecule has 3 heterocycles. The molecule has 3 aromatic rings. The third kappa shape index (κ3) is 6.30. The van der Waals surface area contributed by atoms with Gasteiger partial charge in [-0.15, -0.1) is 0 Å². The van der Waals surface area contributed by atoms with E-state index in [2.05, 4.69) is 51.4 Å². The van der Waals surface area contributed by atoms with Crippen molar-refractivity contribution in [1.29, 1.82) is 5.26 Å². The molecule has 1 amide bonds. The lowest BCUT2D eigenvalue weighted by Crippen LogP contribution is -2.50. The molecule has 1 aliphatic heterocycles. The van der Waals surface area contributed by atoms with Gasteiger partial charge in [0.05, 0.1) is 11.3 Å². The number of H-pyrrole nitrogens is 1. The Morgan fingerprint density at radius 3 is 2.68 bits per heavy atom. The second-order valence-corrected chi connectivity index (χ2v) is 10.5. The second-order valence-electron chi connectivity index (χ2n) is 10.5. The van der Waals surface area contributed by atoms with E-state index < -0.39 is 5.60 Å². The van der Waals surface area contributed by atoms with E-state index in [9.17, 15) is 10.1 Å². The molecular weight excluding hydrogens is 464 g/mol. The Bertz CT molecular complexity index is 1340. The van der Waals surface area contributed by atoms with Crippen molar-refractivity contribution >= 4 is 34.4 Å². The number of aromatic nitrogens is 2. The van der Waals surface area contributed by atoms with E-state index in [4.69, 9.17) is 4.74 Å². The van der Waals surface area contributed by atoms with Gasteiger partial charge in [0.25, 0.3) is 0 Å². The number of carbonyl (C=O) groups excluding carboxylic acids is 1. The maximum absolute atomic E-state index is 12.3. The van der Waals surface area contributed by atoms with E-state index >= 15 is 0 Å². The molecule has 2 N–H and O–H groups in total. The summed E-state index contributed by atoms with van der Waals surface area (Å²) in [6.07, 6.45) is 8.38. The largest absolute Gasteiger partial charge is 0.444 e. The third-order valence-electron chi connectivity index (χ3n) is 6.62. The van der Waals surface area contributed by atoms with E-state index in [1.54, 1.807) is 11.1 Å². The number of pyridine rings is 1. The summed E-state index contributed by atoms with van der Waals surface area (Å²) in [5, 5.41) is 14.5. The van der Waals surface area contributed by atoms with Crippen LogP contribution in [0.2, 0.25) is 0 Å². The number of aromatic amines is 1. The first-order valence-electron chi connectivity index (χ1n) is 12.8. The number of fused-ring (bicyclic) bond motifs is 1. The van der Waals surface area contributed by atoms with Gasteiger partial charge < -0.3 is 19.9 Å². The van der Waals surface area contributed by atoms with Crippen molar-refractivity contribution in [2.75, 3.05) is 38.0 Å². The van der Waals surface area contributed by atoms with Crippen LogP contribution >= 0.6 is 0 Å². The minimum absolute atomic E-state index is 0.238. The number of ether oxygens (including phenoxy) is 1. The smallest absolute Gasteiger partial charge is 0.410 e. The third-order valence-corrected chi connectivity index (χ3v) is 6.62. The molecule has 0 spiro atoms. The number of aryl methyl sites for hydroxylation is 2. The van der Waals surface area contributed by atoms with Crippen LogP contribution in [0.25, 0.3) is 17.0 Å². The average Bonchev–Trinajstić information content (AvgIpc) is 3.34. The lowest BCUT2D eigenvalue weighted by atomic mass is 10.0. The summed E-state index contributed by atoms with van der Waals surface area (Å²) in [5.74, 6) is 0. The number of carbonyl (C=O) groups is 1. The van der Waals surface area contributed by atoms with Gasteiger partial charge in [-0.2, -0.15) is 5.26 Å². The summed E-state index contributed by atoms with van der Waals surface area (Å²) in [6, 6.07) is 8.43. The first kappa shape index (κ1) is 26.2. The Morgan fingerprint density at radius 2 is 1.97 bits per heavy atom. The van der Waals surface area contributed by atoms with Crippen molar-refractivity contribution in [2.24, 2.45) is 0 Å². The Kier molecular flexibility index (Phi) is 7.84. The molecular formula is C29H36N6O2.